The third-order valence-corrected chi connectivity index (χ3v) is 8.55. The molecule has 0 saturated carbocycles. The molecule has 1 fully saturated rings. The average Bonchev–Trinajstić information content (AvgIpc) is 3.11. The summed E-state index contributed by atoms with van der Waals surface area (Å²) in [5.41, 5.74) is 4.75. The van der Waals surface area contributed by atoms with Crippen LogP contribution in [0.5, 0.6) is 5.75 Å². The molecule has 0 aliphatic carbocycles. The first-order valence-electron chi connectivity index (χ1n) is 10.1. The van der Waals surface area contributed by atoms with Crippen LogP contribution in [0.1, 0.15) is 22.3 Å². The first-order valence-corrected chi connectivity index (χ1v) is 13.6. The van der Waals surface area contributed by atoms with Crippen molar-refractivity contribution in [1.29, 1.82) is 0 Å². The summed E-state index contributed by atoms with van der Waals surface area (Å²) in [7, 11) is 0. The smallest absolute Gasteiger partial charge is 0.264 e. The van der Waals surface area contributed by atoms with Crippen molar-refractivity contribution in [1.82, 2.24) is 5.32 Å². The van der Waals surface area contributed by atoms with Crippen molar-refractivity contribution in [2.45, 2.75) is 20.5 Å². The van der Waals surface area contributed by atoms with Crippen molar-refractivity contribution in [3.05, 3.63) is 93.8 Å². The van der Waals surface area contributed by atoms with Crippen LogP contribution in [-0.4, -0.2) is 11.1 Å². The zero-order valence-corrected chi connectivity index (χ0v) is 24.2. The maximum atomic E-state index is 12.5. The Morgan fingerprint density at radius 3 is 2.53 bits per heavy atom. The fourth-order valence-electron chi connectivity index (χ4n) is 3.25. The maximum absolute atomic E-state index is 12.5. The van der Waals surface area contributed by atoms with E-state index in [0.29, 0.717) is 26.7 Å². The number of thioether (sulfide) groups is 1. The predicted octanol–water partition coefficient (Wildman–Crippen LogP) is 8.45. The Labute approximate surface area is 234 Å². The highest BCUT2D eigenvalue weighted by atomic mass is 127. The number of amidine groups is 1. The summed E-state index contributed by atoms with van der Waals surface area (Å²) in [5, 5.41) is 4.56. The van der Waals surface area contributed by atoms with Gasteiger partial charge >= 0.3 is 0 Å². The van der Waals surface area contributed by atoms with Gasteiger partial charge in [-0.05, 0) is 107 Å². The van der Waals surface area contributed by atoms with Gasteiger partial charge in [0, 0.05) is 20.1 Å². The van der Waals surface area contributed by atoms with Crippen LogP contribution < -0.4 is 10.1 Å². The van der Waals surface area contributed by atoms with Gasteiger partial charge in [-0.25, -0.2) is 4.99 Å². The molecule has 0 unspecified atom stereocenters. The molecule has 0 radical (unpaired) electrons. The van der Waals surface area contributed by atoms with Gasteiger partial charge < -0.3 is 10.1 Å². The van der Waals surface area contributed by atoms with E-state index in [9.17, 15) is 4.79 Å². The summed E-state index contributed by atoms with van der Waals surface area (Å²) in [6.45, 7) is 4.37. The van der Waals surface area contributed by atoms with E-state index >= 15 is 0 Å². The number of carbonyl (C=O) groups is 1. The van der Waals surface area contributed by atoms with E-state index in [1.54, 1.807) is 12.1 Å². The highest BCUT2D eigenvalue weighted by molar-refractivity contribution is 14.1. The van der Waals surface area contributed by atoms with Crippen molar-refractivity contribution in [3.63, 3.8) is 0 Å². The molecule has 0 spiro atoms. The SMILES string of the molecule is Cc1cc(N=C2NC(=O)/C(=C/c3ccc(OCc4ccc(Cl)cc4Cl)c(I)c3)S2)cc(C)c1Br. The molecule has 9 heteroatoms. The molecule has 1 aliphatic rings. The molecule has 1 saturated heterocycles. The van der Waals surface area contributed by atoms with E-state index in [1.165, 1.54) is 11.8 Å². The summed E-state index contributed by atoms with van der Waals surface area (Å²) in [4.78, 5) is 17.7. The zero-order chi connectivity index (χ0) is 24.4. The Balaban J connectivity index is 1.47. The van der Waals surface area contributed by atoms with Crippen LogP contribution in [0.25, 0.3) is 6.08 Å². The molecule has 34 heavy (non-hydrogen) atoms. The predicted molar refractivity (Wildman–Crippen MR) is 154 cm³/mol. The Morgan fingerprint density at radius 1 is 1.12 bits per heavy atom. The van der Waals surface area contributed by atoms with Gasteiger partial charge in [-0.1, -0.05) is 51.3 Å². The molecule has 3 aromatic rings. The summed E-state index contributed by atoms with van der Waals surface area (Å²) < 4.78 is 7.93. The highest BCUT2D eigenvalue weighted by Crippen LogP contribution is 2.32. The molecule has 1 heterocycles. The van der Waals surface area contributed by atoms with Gasteiger partial charge in [0.15, 0.2) is 5.17 Å². The molecule has 4 rings (SSSR count). The lowest BCUT2D eigenvalue weighted by Crippen LogP contribution is -2.19. The number of amides is 1. The number of halogens is 4. The third kappa shape index (κ3) is 6.18. The number of rotatable bonds is 5. The number of aliphatic imine (C=N–C) groups is 1. The molecule has 0 atom stereocenters. The fourth-order valence-corrected chi connectivity index (χ4v) is 5.48. The van der Waals surface area contributed by atoms with Gasteiger partial charge in [-0.15, -0.1) is 0 Å². The van der Waals surface area contributed by atoms with E-state index in [2.05, 4.69) is 48.8 Å². The summed E-state index contributed by atoms with van der Waals surface area (Å²) in [6.07, 6.45) is 1.85. The summed E-state index contributed by atoms with van der Waals surface area (Å²) in [6, 6.07) is 15.1. The monoisotopic (exact) mass is 686 g/mol. The Morgan fingerprint density at radius 2 is 1.85 bits per heavy atom. The van der Waals surface area contributed by atoms with Gasteiger partial charge in [-0.3, -0.25) is 4.79 Å². The molecule has 0 aromatic heterocycles. The van der Waals surface area contributed by atoms with E-state index < -0.39 is 0 Å². The molecular weight excluding hydrogens is 670 g/mol. The number of carbonyl (C=O) groups excluding carboxylic acids is 1. The van der Waals surface area contributed by atoms with Crippen LogP contribution in [0.15, 0.2) is 62.9 Å². The van der Waals surface area contributed by atoms with E-state index in [0.717, 1.165) is 41.7 Å². The van der Waals surface area contributed by atoms with E-state index in [1.807, 2.05) is 56.3 Å². The topological polar surface area (TPSA) is 50.7 Å². The second-order valence-electron chi connectivity index (χ2n) is 7.59. The number of benzene rings is 3. The van der Waals surface area contributed by atoms with Crippen molar-refractivity contribution in [2.75, 3.05) is 0 Å². The molecule has 3 aromatic carbocycles. The molecule has 174 valence electrons. The largest absolute Gasteiger partial charge is 0.488 e. The maximum Gasteiger partial charge on any atom is 0.264 e. The van der Waals surface area contributed by atoms with Crippen LogP contribution in [0.3, 0.4) is 0 Å². The standard InChI is InChI=1S/C25H18BrCl2IN2O2S/c1-13-7-18(8-14(2)23(13)26)30-25-31-24(32)22(34-25)10-15-3-6-21(20(29)9-15)33-12-16-4-5-17(27)11-19(16)28/h3-11H,12H2,1-2H3,(H,30,31,32)/b22-10-. The number of aryl methyl sites for hydroxylation is 2. The summed E-state index contributed by atoms with van der Waals surface area (Å²) >= 11 is 19.3. The van der Waals surface area contributed by atoms with Crippen molar-refractivity contribution in [3.8, 4) is 5.75 Å². The normalized spacial score (nSPS) is 15.8. The number of nitrogens with one attached hydrogen (secondary N) is 1. The van der Waals surface area contributed by atoms with Gasteiger partial charge in [0.1, 0.15) is 12.4 Å². The number of hydrogen-bond acceptors (Lipinski definition) is 4. The minimum absolute atomic E-state index is 0.165. The first kappa shape index (κ1) is 25.6. The second kappa shape index (κ2) is 11.0. The zero-order valence-electron chi connectivity index (χ0n) is 18.1. The Hall–Kier alpha value is -1.52. The lowest BCUT2D eigenvalue weighted by molar-refractivity contribution is -0.115. The first-order chi connectivity index (χ1) is 16.2. The van der Waals surface area contributed by atoms with Crippen molar-refractivity contribution in [2.24, 2.45) is 4.99 Å². The fraction of sp³-hybridized carbons (Fsp3) is 0.120. The van der Waals surface area contributed by atoms with Gasteiger partial charge in [0.25, 0.3) is 5.91 Å². The van der Waals surface area contributed by atoms with Crippen LogP contribution in [0.2, 0.25) is 10.0 Å². The van der Waals surface area contributed by atoms with E-state index in [-0.39, 0.29) is 5.91 Å². The minimum atomic E-state index is -0.165. The van der Waals surface area contributed by atoms with Gasteiger partial charge in [0.05, 0.1) is 14.2 Å². The highest BCUT2D eigenvalue weighted by Gasteiger charge is 2.24. The van der Waals surface area contributed by atoms with Gasteiger partial charge in [-0.2, -0.15) is 0 Å². The minimum Gasteiger partial charge on any atom is -0.488 e. The molecule has 1 N–H and O–H groups in total. The van der Waals surface area contributed by atoms with E-state index in [4.69, 9.17) is 27.9 Å². The number of ether oxygens (including phenoxy) is 1. The molecule has 1 amide bonds. The molecule has 1 aliphatic heterocycles. The number of hydrogen-bond donors (Lipinski definition) is 1. The lowest BCUT2D eigenvalue weighted by atomic mass is 10.1. The van der Waals surface area contributed by atoms with Crippen LogP contribution >= 0.6 is 73.5 Å². The number of nitrogens with zero attached hydrogens (tertiary/aromatic N) is 1. The average molecular weight is 688 g/mol. The lowest BCUT2D eigenvalue weighted by Gasteiger charge is -2.10. The second-order valence-corrected chi connectivity index (χ2v) is 11.4. The van der Waals surface area contributed by atoms with Crippen LogP contribution in [0, 0.1) is 17.4 Å². The molecule has 0 bridgehead atoms. The van der Waals surface area contributed by atoms with Crippen LogP contribution in [-0.2, 0) is 11.4 Å². The quantitative estimate of drug-likeness (QED) is 0.216. The van der Waals surface area contributed by atoms with Crippen LogP contribution in [0.4, 0.5) is 5.69 Å². The Kier molecular flexibility index (Phi) is 8.30. The van der Waals surface area contributed by atoms with Crippen molar-refractivity contribution >= 4 is 96.3 Å². The summed E-state index contributed by atoms with van der Waals surface area (Å²) in [5.74, 6) is 0.572. The molecule has 4 nitrogen and oxygen atoms in total. The molecular formula is C25H18BrCl2IN2O2S. The van der Waals surface area contributed by atoms with Gasteiger partial charge in [0.2, 0.25) is 0 Å². The third-order valence-electron chi connectivity index (χ3n) is 4.95. The Bertz CT molecular complexity index is 1340. The van der Waals surface area contributed by atoms with Crippen molar-refractivity contribution < 1.29 is 9.53 Å².